The van der Waals surface area contributed by atoms with Crippen molar-refractivity contribution in [2.45, 2.75) is 58.6 Å². The Balaban J connectivity index is 1.24. The van der Waals surface area contributed by atoms with E-state index in [0.717, 1.165) is 71.2 Å². The van der Waals surface area contributed by atoms with E-state index in [1.807, 2.05) is 32.9 Å². The van der Waals surface area contributed by atoms with Crippen LogP contribution in [0.15, 0.2) is 36.4 Å². The van der Waals surface area contributed by atoms with Crippen LogP contribution in [0.4, 0.5) is 16.3 Å². The van der Waals surface area contributed by atoms with Crippen molar-refractivity contribution in [1.82, 2.24) is 19.8 Å². The quantitative estimate of drug-likeness (QED) is 0.350. The number of likely N-dealkylation sites (tertiary alicyclic amines) is 1. The SMILES string of the molecule is CC(C)(C)OC(=O)N1CCN(c2nc(OCCN3CCCCC3)nc3c2CCN(c2cccc4cccc(Cl)c24)C3)CC1. The van der Waals surface area contributed by atoms with E-state index in [1.54, 1.807) is 4.90 Å². The van der Waals surface area contributed by atoms with Gasteiger partial charge in [0.15, 0.2) is 0 Å². The number of piperazine rings is 1. The number of piperidine rings is 1. The number of benzene rings is 2. The van der Waals surface area contributed by atoms with E-state index >= 15 is 0 Å². The van der Waals surface area contributed by atoms with Gasteiger partial charge in [0, 0.05) is 55.9 Å². The van der Waals surface area contributed by atoms with E-state index in [1.165, 1.54) is 19.3 Å². The molecule has 1 aromatic heterocycles. The highest BCUT2D eigenvalue weighted by Crippen LogP contribution is 2.37. The molecule has 6 rings (SSSR count). The number of hydrogen-bond acceptors (Lipinski definition) is 8. The predicted molar refractivity (Wildman–Crippen MR) is 172 cm³/mol. The molecule has 0 aliphatic carbocycles. The number of halogens is 1. The Bertz CT molecular complexity index is 1440. The maximum absolute atomic E-state index is 12.7. The van der Waals surface area contributed by atoms with Crippen molar-refractivity contribution in [3.8, 4) is 6.01 Å². The van der Waals surface area contributed by atoms with Gasteiger partial charge >= 0.3 is 12.1 Å². The number of nitrogens with zero attached hydrogens (tertiary/aromatic N) is 6. The van der Waals surface area contributed by atoms with Crippen LogP contribution in [-0.2, 0) is 17.7 Å². The summed E-state index contributed by atoms with van der Waals surface area (Å²) in [5.41, 5.74) is 2.76. The fourth-order valence-corrected chi connectivity index (χ4v) is 6.62. The van der Waals surface area contributed by atoms with E-state index in [0.29, 0.717) is 45.3 Å². The molecule has 4 heterocycles. The van der Waals surface area contributed by atoms with Crippen molar-refractivity contribution in [2.24, 2.45) is 0 Å². The molecule has 2 fully saturated rings. The van der Waals surface area contributed by atoms with Crippen molar-refractivity contribution >= 4 is 40.0 Å². The summed E-state index contributed by atoms with van der Waals surface area (Å²) in [7, 11) is 0. The van der Waals surface area contributed by atoms with Crippen molar-refractivity contribution < 1.29 is 14.3 Å². The van der Waals surface area contributed by atoms with Crippen LogP contribution in [0.25, 0.3) is 10.8 Å². The topological polar surface area (TPSA) is 74.3 Å². The third-order valence-corrected chi connectivity index (χ3v) is 8.83. The summed E-state index contributed by atoms with van der Waals surface area (Å²) in [4.78, 5) is 31.6. The van der Waals surface area contributed by atoms with Gasteiger partial charge in [-0.1, -0.05) is 42.3 Å². The lowest BCUT2D eigenvalue weighted by atomic mass is 10.0. The van der Waals surface area contributed by atoms with Gasteiger partial charge < -0.3 is 24.2 Å². The third-order valence-electron chi connectivity index (χ3n) is 8.51. The van der Waals surface area contributed by atoms with Crippen molar-refractivity contribution in [1.29, 1.82) is 0 Å². The van der Waals surface area contributed by atoms with Gasteiger partial charge in [-0.2, -0.15) is 9.97 Å². The zero-order valence-corrected chi connectivity index (χ0v) is 26.4. The first-order valence-corrected chi connectivity index (χ1v) is 16.0. The summed E-state index contributed by atoms with van der Waals surface area (Å²) in [6.45, 7) is 13.4. The molecule has 0 bridgehead atoms. The highest BCUT2D eigenvalue weighted by molar-refractivity contribution is 6.36. The van der Waals surface area contributed by atoms with Gasteiger partial charge in [-0.3, -0.25) is 4.90 Å². The number of carbonyl (C=O) groups excluding carboxylic acids is 1. The van der Waals surface area contributed by atoms with Gasteiger partial charge in [0.05, 0.1) is 17.3 Å². The molecule has 0 radical (unpaired) electrons. The number of hydrogen-bond donors (Lipinski definition) is 0. The molecule has 0 atom stereocenters. The zero-order chi connectivity index (χ0) is 30.0. The monoisotopic (exact) mass is 606 g/mol. The smallest absolute Gasteiger partial charge is 0.410 e. The molecular weight excluding hydrogens is 564 g/mol. The Kier molecular flexibility index (Phi) is 8.82. The molecule has 3 aliphatic heterocycles. The third kappa shape index (κ3) is 6.93. The summed E-state index contributed by atoms with van der Waals surface area (Å²) in [6, 6.07) is 12.8. The molecule has 43 heavy (non-hydrogen) atoms. The lowest BCUT2D eigenvalue weighted by Gasteiger charge is -2.38. The zero-order valence-electron chi connectivity index (χ0n) is 25.6. The Morgan fingerprint density at radius 2 is 1.65 bits per heavy atom. The van der Waals surface area contributed by atoms with E-state index < -0.39 is 5.60 Å². The lowest BCUT2D eigenvalue weighted by Crippen LogP contribution is -2.50. The van der Waals surface area contributed by atoms with Gasteiger partial charge in [-0.05, 0) is 70.6 Å². The van der Waals surface area contributed by atoms with Crippen LogP contribution in [-0.4, -0.2) is 90.4 Å². The molecule has 0 saturated carbocycles. The molecule has 3 aromatic rings. The van der Waals surface area contributed by atoms with Crippen LogP contribution < -0.4 is 14.5 Å². The van der Waals surface area contributed by atoms with Gasteiger partial charge in [0.2, 0.25) is 0 Å². The number of anilines is 2. The minimum Gasteiger partial charge on any atom is -0.462 e. The molecule has 0 N–H and O–H groups in total. The molecular formula is C33H43ClN6O3. The molecule has 3 aliphatic rings. The second kappa shape index (κ2) is 12.7. The average Bonchev–Trinajstić information content (AvgIpc) is 3.00. The molecule has 9 nitrogen and oxygen atoms in total. The second-order valence-corrected chi connectivity index (χ2v) is 13.2. The molecule has 0 unspecified atom stereocenters. The molecule has 10 heteroatoms. The largest absolute Gasteiger partial charge is 0.462 e. The second-order valence-electron chi connectivity index (χ2n) is 12.7. The van der Waals surface area contributed by atoms with E-state index in [4.69, 9.17) is 31.0 Å². The number of aromatic nitrogens is 2. The maximum atomic E-state index is 12.7. The standard InChI is InChI=1S/C33H43ClN6O3/c1-33(2,3)43-32(41)39-19-17-38(18-20-39)30-25-13-16-40(28-12-8-10-24-9-7-11-26(34)29(24)28)23-27(25)35-31(36-30)42-22-21-37-14-5-4-6-15-37/h7-12H,4-6,13-23H2,1-3H3. The lowest BCUT2D eigenvalue weighted by molar-refractivity contribution is 0.0240. The van der Waals surface area contributed by atoms with Crippen molar-refractivity contribution in [3.63, 3.8) is 0 Å². The highest BCUT2D eigenvalue weighted by Gasteiger charge is 2.31. The molecule has 1 amide bonds. The molecule has 0 spiro atoms. The minimum absolute atomic E-state index is 0.261. The Hall–Kier alpha value is -3.30. The van der Waals surface area contributed by atoms with Gasteiger partial charge in [0.25, 0.3) is 0 Å². The highest BCUT2D eigenvalue weighted by atomic mass is 35.5. The number of amides is 1. The van der Waals surface area contributed by atoms with E-state index in [2.05, 4.69) is 39.0 Å². The number of rotatable bonds is 6. The van der Waals surface area contributed by atoms with Crippen molar-refractivity contribution in [2.75, 3.05) is 68.8 Å². The summed E-state index contributed by atoms with van der Waals surface area (Å²) in [6.07, 6.45) is 4.37. The number of fused-ring (bicyclic) bond motifs is 2. The number of carbonyl (C=O) groups is 1. The first-order valence-electron chi connectivity index (χ1n) is 15.7. The molecule has 230 valence electrons. The number of ether oxygens (including phenoxy) is 2. The predicted octanol–water partition coefficient (Wildman–Crippen LogP) is 5.77. The maximum Gasteiger partial charge on any atom is 0.410 e. The molecule has 2 saturated heterocycles. The van der Waals surface area contributed by atoms with Crippen LogP contribution in [0.3, 0.4) is 0 Å². The summed E-state index contributed by atoms with van der Waals surface area (Å²) < 4.78 is 11.9. The Morgan fingerprint density at radius 3 is 2.40 bits per heavy atom. The van der Waals surface area contributed by atoms with Gasteiger partial charge in [-0.15, -0.1) is 0 Å². The van der Waals surface area contributed by atoms with Crippen LogP contribution in [0.1, 0.15) is 51.3 Å². The summed E-state index contributed by atoms with van der Waals surface area (Å²) >= 11 is 6.70. The Labute approximate surface area is 259 Å². The normalized spacial score (nSPS) is 18.1. The summed E-state index contributed by atoms with van der Waals surface area (Å²) in [5, 5.41) is 2.95. The van der Waals surface area contributed by atoms with Crippen LogP contribution >= 0.6 is 11.6 Å². The average molecular weight is 607 g/mol. The first kappa shape index (κ1) is 29.8. The van der Waals surface area contributed by atoms with Crippen LogP contribution in [0.2, 0.25) is 5.02 Å². The van der Waals surface area contributed by atoms with E-state index in [-0.39, 0.29) is 6.09 Å². The summed E-state index contributed by atoms with van der Waals surface area (Å²) in [5.74, 6) is 0.928. The van der Waals surface area contributed by atoms with Gasteiger partial charge in [0.1, 0.15) is 18.0 Å². The minimum atomic E-state index is -0.513. The fraction of sp³-hybridized carbons (Fsp3) is 0.545. The van der Waals surface area contributed by atoms with Crippen molar-refractivity contribution in [3.05, 3.63) is 52.7 Å². The van der Waals surface area contributed by atoms with Crippen LogP contribution in [0, 0.1) is 0 Å². The van der Waals surface area contributed by atoms with Gasteiger partial charge in [-0.25, -0.2) is 4.79 Å². The fourth-order valence-electron chi connectivity index (χ4n) is 6.34. The van der Waals surface area contributed by atoms with Crippen LogP contribution in [0.5, 0.6) is 6.01 Å². The first-order chi connectivity index (χ1) is 20.7. The Morgan fingerprint density at radius 1 is 0.907 bits per heavy atom. The molecule has 2 aromatic carbocycles. The van der Waals surface area contributed by atoms with E-state index in [9.17, 15) is 4.79 Å².